The summed E-state index contributed by atoms with van der Waals surface area (Å²) in [4.78, 5) is 0. The maximum atomic E-state index is 10.1. The molecule has 0 bridgehead atoms. The van der Waals surface area contributed by atoms with Gasteiger partial charge in [-0.15, -0.1) is 0 Å². The first-order valence-corrected chi connectivity index (χ1v) is 7.66. The van der Waals surface area contributed by atoms with Crippen LogP contribution in [0.25, 0.3) is 0 Å². The zero-order chi connectivity index (χ0) is 15.4. The molecule has 0 aliphatic carbocycles. The number of hydrogen-bond donors (Lipinski definition) is 1. The van der Waals surface area contributed by atoms with Gasteiger partial charge in [0.2, 0.25) is 0 Å². The number of phenols is 1. The molecule has 0 saturated heterocycles. The van der Waals surface area contributed by atoms with Crippen LogP contribution in [-0.2, 0) is 4.74 Å². The van der Waals surface area contributed by atoms with Crippen molar-refractivity contribution in [3.05, 3.63) is 59.2 Å². The van der Waals surface area contributed by atoms with E-state index in [9.17, 15) is 5.11 Å². The number of benzene rings is 2. The van der Waals surface area contributed by atoms with Crippen LogP contribution in [0.15, 0.2) is 42.5 Å². The second-order valence-corrected chi connectivity index (χ2v) is 5.73. The van der Waals surface area contributed by atoms with Gasteiger partial charge in [0.15, 0.2) is 0 Å². The minimum atomic E-state index is -0.476. The SMILES string of the molecule is COC(Br)Oc1cccc(C(C)c2ccc(C)cc2O)c1. The summed E-state index contributed by atoms with van der Waals surface area (Å²) in [6, 6.07) is 13.5. The van der Waals surface area contributed by atoms with Crippen LogP contribution in [0.3, 0.4) is 0 Å². The van der Waals surface area contributed by atoms with E-state index >= 15 is 0 Å². The summed E-state index contributed by atoms with van der Waals surface area (Å²) in [7, 11) is 1.57. The molecule has 2 atom stereocenters. The fourth-order valence-electron chi connectivity index (χ4n) is 2.21. The van der Waals surface area contributed by atoms with Crippen molar-refractivity contribution in [2.24, 2.45) is 0 Å². The van der Waals surface area contributed by atoms with E-state index in [4.69, 9.17) is 9.47 Å². The van der Waals surface area contributed by atoms with Gasteiger partial charge < -0.3 is 14.6 Å². The first-order valence-electron chi connectivity index (χ1n) is 6.74. The first kappa shape index (κ1) is 15.9. The largest absolute Gasteiger partial charge is 0.508 e. The zero-order valence-corrected chi connectivity index (χ0v) is 13.9. The number of phenolic OH excluding ortho intramolecular Hbond substituents is 1. The molecule has 0 amide bonds. The highest BCUT2D eigenvalue weighted by Crippen LogP contribution is 2.33. The zero-order valence-electron chi connectivity index (χ0n) is 12.3. The Labute approximate surface area is 133 Å². The van der Waals surface area contributed by atoms with E-state index in [2.05, 4.69) is 22.9 Å². The van der Waals surface area contributed by atoms with Gasteiger partial charge in [0.25, 0.3) is 5.20 Å². The van der Waals surface area contributed by atoms with E-state index in [-0.39, 0.29) is 5.92 Å². The molecule has 0 saturated carbocycles. The normalized spacial score (nSPS) is 13.7. The third-order valence-electron chi connectivity index (χ3n) is 3.42. The summed E-state index contributed by atoms with van der Waals surface area (Å²) < 4.78 is 10.6. The molecular weight excluding hydrogens is 332 g/mol. The first-order chi connectivity index (χ1) is 10.0. The highest BCUT2D eigenvalue weighted by molar-refractivity contribution is 9.09. The van der Waals surface area contributed by atoms with Crippen LogP contribution in [0, 0.1) is 6.92 Å². The lowest BCUT2D eigenvalue weighted by Crippen LogP contribution is -2.10. The Kier molecular flexibility index (Phi) is 5.26. The summed E-state index contributed by atoms with van der Waals surface area (Å²) in [5, 5.41) is 9.64. The van der Waals surface area contributed by atoms with Crippen LogP contribution in [-0.4, -0.2) is 17.4 Å². The van der Waals surface area contributed by atoms with Gasteiger partial charge in [-0.1, -0.05) is 31.2 Å². The number of aromatic hydroxyl groups is 1. The topological polar surface area (TPSA) is 38.7 Å². The van der Waals surface area contributed by atoms with Crippen molar-refractivity contribution >= 4 is 15.9 Å². The summed E-state index contributed by atoms with van der Waals surface area (Å²) >= 11 is 3.26. The van der Waals surface area contributed by atoms with Crippen LogP contribution in [0.2, 0.25) is 0 Å². The lowest BCUT2D eigenvalue weighted by atomic mass is 9.92. The third-order valence-corrected chi connectivity index (χ3v) is 3.99. The van der Waals surface area contributed by atoms with Crippen molar-refractivity contribution in [1.29, 1.82) is 0 Å². The van der Waals surface area contributed by atoms with Crippen LogP contribution in [0.1, 0.15) is 29.5 Å². The Bertz CT molecular complexity index is 613. The third kappa shape index (κ3) is 3.99. The highest BCUT2D eigenvalue weighted by Gasteiger charge is 2.14. The Hall–Kier alpha value is -1.52. The molecule has 2 rings (SSSR count). The lowest BCUT2D eigenvalue weighted by Gasteiger charge is -2.17. The quantitative estimate of drug-likeness (QED) is 0.634. The number of rotatable bonds is 5. The van der Waals surface area contributed by atoms with Gasteiger partial charge in [-0.05, 0) is 52.2 Å². The molecule has 21 heavy (non-hydrogen) atoms. The van der Waals surface area contributed by atoms with Crippen molar-refractivity contribution in [2.45, 2.75) is 25.0 Å². The minimum absolute atomic E-state index is 0.0745. The van der Waals surface area contributed by atoms with Crippen molar-refractivity contribution in [2.75, 3.05) is 7.11 Å². The average molecular weight is 351 g/mol. The predicted octanol–water partition coefficient (Wildman–Crippen LogP) is 4.56. The average Bonchev–Trinajstić information content (AvgIpc) is 2.47. The monoisotopic (exact) mass is 350 g/mol. The number of ether oxygens (including phenoxy) is 2. The van der Waals surface area contributed by atoms with Gasteiger partial charge in [0, 0.05) is 18.6 Å². The van der Waals surface area contributed by atoms with E-state index in [0.717, 1.165) is 22.4 Å². The second kappa shape index (κ2) is 6.96. The van der Waals surface area contributed by atoms with Crippen LogP contribution >= 0.6 is 15.9 Å². The van der Waals surface area contributed by atoms with E-state index in [1.807, 2.05) is 43.3 Å². The molecule has 112 valence electrons. The molecule has 0 aliphatic heterocycles. The Morgan fingerprint density at radius 2 is 1.90 bits per heavy atom. The van der Waals surface area contributed by atoms with Crippen molar-refractivity contribution < 1.29 is 14.6 Å². The fourth-order valence-corrected chi connectivity index (χ4v) is 2.43. The molecule has 0 aromatic heterocycles. The van der Waals surface area contributed by atoms with Gasteiger partial charge >= 0.3 is 0 Å². The summed E-state index contributed by atoms with van der Waals surface area (Å²) in [5.74, 6) is 1.12. The molecule has 1 N–H and O–H groups in total. The van der Waals surface area contributed by atoms with Crippen molar-refractivity contribution in [3.8, 4) is 11.5 Å². The summed E-state index contributed by atoms with van der Waals surface area (Å²) in [6.45, 7) is 4.02. The minimum Gasteiger partial charge on any atom is -0.508 e. The number of alkyl halides is 1. The van der Waals surface area contributed by atoms with Crippen molar-refractivity contribution in [3.63, 3.8) is 0 Å². The molecule has 4 heteroatoms. The number of halogens is 1. The van der Waals surface area contributed by atoms with Crippen LogP contribution < -0.4 is 4.74 Å². The number of aryl methyl sites for hydroxylation is 1. The van der Waals surface area contributed by atoms with Gasteiger partial charge in [-0.25, -0.2) is 0 Å². The standard InChI is InChI=1S/C17H19BrO3/c1-11-7-8-15(16(19)9-11)12(2)13-5-4-6-14(10-13)21-17(18)20-3/h4-10,12,17,19H,1-3H3. The van der Waals surface area contributed by atoms with Gasteiger partial charge in [-0.3, -0.25) is 0 Å². The molecule has 0 heterocycles. The van der Waals surface area contributed by atoms with E-state index < -0.39 is 5.20 Å². The van der Waals surface area contributed by atoms with E-state index in [1.54, 1.807) is 13.2 Å². The van der Waals surface area contributed by atoms with E-state index in [0.29, 0.717) is 5.75 Å². The fraction of sp³-hybridized carbons (Fsp3) is 0.294. The van der Waals surface area contributed by atoms with Gasteiger partial charge in [-0.2, -0.15) is 0 Å². The smallest absolute Gasteiger partial charge is 0.257 e. The number of hydrogen-bond acceptors (Lipinski definition) is 3. The van der Waals surface area contributed by atoms with Crippen LogP contribution in [0.5, 0.6) is 11.5 Å². The Balaban J connectivity index is 2.26. The number of methoxy groups -OCH3 is 1. The molecule has 2 aromatic carbocycles. The maximum absolute atomic E-state index is 10.1. The molecule has 0 aliphatic rings. The van der Waals surface area contributed by atoms with Crippen LogP contribution in [0.4, 0.5) is 0 Å². The Morgan fingerprint density at radius 3 is 2.57 bits per heavy atom. The maximum Gasteiger partial charge on any atom is 0.257 e. The Morgan fingerprint density at radius 1 is 1.14 bits per heavy atom. The molecule has 2 unspecified atom stereocenters. The summed E-state index contributed by atoms with van der Waals surface area (Å²) in [6.07, 6.45) is 0. The molecular formula is C17H19BrO3. The molecule has 3 nitrogen and oxygen atoms in total. The molecule has 0 spiro atoms. The van der Waals surface area contributed by atoms with E-state index in [1.165, 1.54) is 0 Å². The van der Waals surface area contributed by atoms with Gasteiger partial charge in [0.1, 0.15) is 11.5 Å². The van der Waals surface area contributed by atoms with Crippen molar-refractivity contribution in [1.82, 2.24) is 0 Å². The van der Waals surface area contributed by atoms with Gasteiger partial charge in [0.05, 0.1) is 0 Å². The molecule has 2 aromatic rings. The highest BCUT2D eigenvalue weighted by atomic mass is 79.9. The molecule has 0 fully saturated rings. The molecule has 0 radical (unpaired) electrons. The second-order valence-electron chi connectivity index (χ2n) is 4.98. The lowest BCUT2D eigenvalue weighted by molar-refractivity contribution is 0.0242. The summed E-state index contributed by atoms with van der Waals surface area (Å²) in [5.41, 5.74) is 3.02. The predicted molar refractivity (Wildman–Crippen MR) is 87.2 cm³/mol.